The topological polar surface area (TPSA) is 123 Å². The highest BCUT2D eigenvalue weighted by Crippen LogP contribution is 2.13. The first kappa shape index (κ1) is 26.2. The fraction of sp³-hybridized carbons (Fsp3) is 0.320. The number of carboxylic acids is 1. The lowest BCUT2D eigenvalue weighted by Crippen LogP contribution is -2.06. The molecular weight excluding hydrogens is 408 g/mol. The maximum Gasteiger partial charge on any atom is 0.335 e. The van der Waals surface area contributed by atoms with Crippen molar-refractivity contribution in [2.24, 2.45) is 0 Å². The predicted octanol–water partition coefficient (Wildman–Crippen LogP) is 4.97. The van der Waals surface area contributed by atoms with Gasteiger partial charge in [-0.25, -0.2) is 9.59 Å². The van der Waals surface area contributed by atoms with Crippen molar-refractivity contribution in [1.82, 2.24) is 0 Å². The Balaban J connectivity index is 0.000000471. The number of anilines is 1. The standard InChI is InChI=1S/C18H24O5.C7H6N2/c1-14(2)18(21)23-13-7-5-3-4-6-12-22-16-10-8-15(9-11-16)17(19)20;8-5-6-1-3-7(9)4-2-6/h8-11H,1,3-7,12-13H2,2H3,(H,19,20);1-4H,9H2. The lowest BCUT2D eigenvalue weighted by Gasteiger charge is -2.07. The van der Waals surface area contributed by atoms with E-state index < -0.39 is 5.97 Å². The van der Waals surface area contributed by atoms with E-state index in [-0.39, 0.29) is 11.5 Å². The number of carbonyl (C=O) groups is 2. The molecule has 2 aromatic rings. The van der Waals surface area contributed by atoms with E-state index in [1.165, 1.54) is 12.1 Å². The van der Waals surface area contributed by atoms with Gasteiger partial charge in [0.05, 0.1) is 30.4 Å². The number of nitrogens with zero attached hydrogens (tertiary/aromatic N) is 1. The minimum absolute atomic E-state index is 0.254. The summed E-state index contributed by atoms with van der Waals surface area (Å²) in [5.41, 5.74) is 7.39. The maximum atomic E-state index is 11.1. The second-order valence-electron chi connectivity index (χ2n) is 7.10. The molecule has 7 nitrogen and oxygen atoms in total. The van der Waals surface area contributed by atoms with E-state index >= 15 is 0 Å². The van der Waals surface area contributed by atoms with Crippen LogP contribution in [-0.2, 0) is 9.53 Å². The summed E-state index contributed by atoms with van der Waals surface area (Å²) < 4.78 is 10.6. The minimum atomic E-state index is -0.939. The van der Waals surface area contributed by atoms with Crippen molar-refractivity contribution < 1.29 is 24.2 Å². The van der Waals surface area contributed by atoms with Crippen molar-refractivity contribution in [2.75, 3.05) is 18.9 Å². The SMILES string of the molecule is C=C(C)C(=O)OCCCCCCCOc1ccc(C(=O)O)cc1.N#Cc1ccc(N)cc1. The van der Waals surface area contributed by atoms with Gasteiger partial charge in [-0.3, -0.25) is 0 Å². The van der Waals surface area contributed by atoms with Crippen molar-refractivity contribution in [3.05, 3.63) is 71.8 Å². The molecule has 2 aromatic carbocycles. The van der Waals surface area contributed by atoms with Crippen LogP contribution in [0, 0.1) is 11.3 Å². The molecule has 0 aliphatic carbocycles. The van der Waals surface area contributed by atoms with Crippen molar-refractivity contribution in [3.8, 4) is 11.8 Å². The zero-order valence-corrected chi connectivity index (χ0v) is 18.4. The van der Waals surface area contributed by atoms with Crippen LogP contribution in [-0.4, -0.2) is 30.3 Å². The number of nitriles is 1. The number of ether oxygens (including phenoxy) is 2. The zero-order chi connectivity index (χ0) is 23.8. The summed E-state index contributed by atoms with van der Waals surface area (Å²) in [6, 6.07) is 15.2. The van der Waals surface area contributed by atoms with Crippen molar-refractivity contribution in [1.29, 1.82) is 5.26 Å². The van der Waals surface area contributed by atoms with Crippen LogP contribution >= 0.6 is 0 Å². The van der Waals surface area contributed by atoms with E-state index in [1.807, 2.05) is 6.07 Å². The Labute approximate surface area is 189 Å². The molecule has 0 atom stereocenters. The van der Waals surface area contributed by atoms with Gasteiger partial charge in [-0.05, 0) is 68.3 Å². The number of carboxylic acid groups (broad SMARTS) is 1. The molecule has 0 fully saturated rings. The van der Waals surface area contributed by atoms with Crippen LogP contribution in [0.15, 0.2) is 60.7 Å². The molecule has 2 rings (SSSR count). The van der Waals surface area contributed by atoms with Crippen molar-refractivity contribution in [2.45, 2.75) is 39.0 Å². The number of carbonyl (C=O) groups excluding carboxylic acids is 1. The van der Waals surface area contributed by atoms with Gasteiger partial charge in [0.2, 0.25) is 0 Å². The van der Waals surface area contributed by atoms with Crippen LogP contribution < -0.4 is 10.5 Å². The molecule has 7 heteroatoms. The number of nitrogen functional groups attached to an aromatic ring is 1. The van der Waals surface area contributed by atoms with Crippen LogP contribution in [0.1, 0.15) is 54.9 Å². The third-order valence-electron chi connectivity index (χ3n) is 4.28. The first-order valence-electron chi connectivity index (χ1n) is 10.4. The molecule has 0 saturated carbocycles. The van der Waals surface area contributed by atoms with E-state index in [4.69, 9.17) is 25.6 Å². The van der Waals surface area contributed by atoms with Crippen LogP contribution in [0.25, 0.3) is 0 Å². The number of hydrogen-bond donors (Lipinski definition) is 2. The molecule has 0 bridgehead atoms. The fourth-order valence-electron chi connectivity index (χ4n) is 2.46. The van der Waals surface area contributed by atoms with Crippen LogP contribution in [0.4, 0.5) is 5.69 Å². The Bertz CT molecular complexity index is 899. The molecule has 0 aromatic heterocycles. The summed E-state index contributed by atoms with van der Waals surface area (Å²) in [5, 5.41) is 17.1. The highest BCUT2D eigenvalue weighted by molar-refractivity contribution is 5.87. The molecule has 0 unspecified atom stereocenters. The van der Waals surface area contributed by atoms with Gasteiger partial charge >= 0.3 is 11.9 Å². The first-order chi connectivity index (χ1) is 15.3. The van der Waals surface area contributed by atoms with Gasteiger partial charge in [0, 0.05) is 11.3 Å². The van der Waals surface area contributed by atoms with E-state index in [0.29, 0.717) is 35.8 Å². The Hall–Kier alpha value is -3.79. The van der Waals surface area contributed by atoms with Crippen molar-refractivity contribution >= 4 is 17.6 Å². The highest BCUT2D eigenvalue weighted by atomic mass is 16.5. The van der Waals surface area contributed by atoms with Gasteiger partial charge in [-0.1, -0.05) is 25.8 Å². The second-order valence-corrected chi connectivity index (χ2v) is 7.10. The molecule has 0 saturated heterocycles. The normalized spacial score (nSPS) is 9.62. The molecule has 3 N–H and O–H groups in total. The summed E-state index contributed by atoms with van der Waals surface area (Å²) in [7, 11) is 0. The second kappa shape index (κ2) is 15.1. The number of hydrogen-bond acceptors (Lipinski definition) is 6. The third-order valence-corrected chi connectivity index (χ3v) is 4.28. The number of unbranched alkanes of at least 4 members (excludes halogenated alkanes) is 4. The zero-order valence-electron chi connectivity index (χ0n) is 18.4. The van der Waals surface area contributed by atoms with Crippen LogP contribution in [0.5, 0.6) is 5.75 Å². The minimum Gasteiger partial charge on any atom is -0.494 e. The summed E-state index contributed by atoms with van der Waals surface area (Å²) in [6.45, 7) is 6.21. The van der Waals surface area contributed by atoms with Gasteiger partial charge in [0.25, 0.3) is 0 Å². The quantitative estimate of drug-likeness (QED) is 0.220. The van der Waals surface area contributed by atoms with Crippen LogP contribution in [0.2, 0.25) is 0 Å². The summed E-state index contributed by atoms with van der Waals surface area (Å²) >= 11 is 0. The predicted molar refractivity (Wildman–Crippen MR) is 123 cm³/mol. The molecule has 0 heterocycles. The first-order valence-corrected chi connectivity index (χ1v) is 10.4. The lowest BCUT2D eigenvalue weighted by atomic mass is 10.1. The Kier molecular flexibility index (Phi) is 12.4. The van der Waals surface area contributed by atoms with Gasteiger partial charge in [-0.15, -0.1) is 0 Å². The van der Waals surface area contributed by atoms with Crippen molar-refractivity contribution in [3.63, 3.8) is 0 Å². The molecular formula is C25H30N2O5. The van der Waals surface area contributed by atoms with Gasteiger partial charge in [-0.2, -0.15) is 5.26 Å². The maximum absolute atomic E-state index is 11.1. The monoisotopic (exact) mass is 438 g/mol. The molecule has 0 spiro atoms. The number of rotatable bonds is 11. The van der Waals surface area contributed by atoms with E-state index in [1.54, 1.807) is 43.3 Å². The molecule has 170 valence electrons. The molecule has 0 radical (unpaired) electrons. The number of esters is 1. The third kappa shape index (κ3) is 11.4. The van der Waals surface area contributed by atoms with Gasteiger partial charge in [0.1, 0.15) is 5.75 Å². The summed E-state index contributed by atoms with van der Waals surface area (Å²) in [4.78, 5) is 21.9. The molecule has 32 heavy (non-hydrogen) atoms. The Morgan fingerprint density at radius 1 is 0.969 bits per heavy atom. The van der Waals surface area contributed by atoms with Gasteiger partial charge < -0.3 is 20.3 Å². The molecule has 0 amide bonds. The average Bonchev–Trinajstić information content (AvgIpc) is 2.79. The lowest BCUT2D eigenvalue weighted by molar-refractivity contribution is -0.139. The van der Waals surface area contributed by atoms with Gasteiger partial charge in [0.15, 0.2) is 0 Å². The Morgan fingerprint density at radius 2 is 1.53 bits per heavy atom. The molecule has 0 aliphatic rings. The Morgan fingerprint density at radius 3 is 2.06 bits per heavy atom. The average molecular weight is 439 g/mol. The molecule has 0 aliphatic heterocycles. The van der Waals surface area contributed by atoms with Crippen LogP contribution in [0.3, 0.4) is 0 Å². The summed E-state index contributed by atoms with van der Waals surface area (Å²) in [6.07, 6.45) is 4.91. The van der Waals surface area contributed by atoms with E-state index in [0.717, 1.165) is 32.1 Å². The smallest absolute Gasteiger partial charge is 0.335 e. The number of benzene rings is 2. The highest BCUT2D eigenvalue weighted by Gasteiger charge is 2.03. The number of aromatic carboxylic acids is 1. The number of nitrogens with two attached hydrogens (primary N) is 1. The largest absolute Gasteiger partial charge is 0.494 e. The summed E-state index contributed by atoms with van der Waals surface area (Å²) in [5.74, 6) is -0.584. The van der Waals surface area contributed by atoms with E-state index in [2.05, 4.69) is 6.58 Å². The van der Waals surface area contributed by atoms with E-state index in [9.17, 15) is 9.59 Å². The fourth-order valence-corrected chi connectivity index (χ4v) is 2.46.